The van der Waals surface area contributed by atoms with Gasteiger partial charge in [-0.25, -0.2) is 18.1 Å². The van der Waals surface area contributed by atoms with Gasteiger partial charge in [-0.15, -0.1) is 11.3 Å². The van der Waals surface area contributed by atoms with Crippen LogP contribution < -0.4 is 11.0 Å². The molecular weight excluding hydrogens is 398 g/mol. The molecule has 0 spiro atoms. The van der Waals surface area contributed by atoms with Crippen LogP contribution in [0.15, 0.2) is 39.3 Å². The van der Waals surface area contributed by atoms with Crippen molar-refractivity contribution in [3.8, 4) is 0 Å². The van der Waals surface area contributed by atoms with Crippen LogP contribution >= 0.6 is 11.3 Å². The zero-order valence-electron chi connectivity index (χ0n) is 15.3. The molecule has 2 aromatic heterocycles. The molecule has 146 valence electrons. The Bertz CT molecular complexity index is 1240. The maximum absolute atomic E-state index is 12.6. The summed E-state index contributed by atoms with van der Waals surface area (Å²) >= 11 is 1.35. The molecule has 1 aromatic carbocycles. The van der Waals surface area contributed by atoms with Crippen molar-refractivity contribution in [1.82, 2.24) is 9.66 Å². The third-order valence-electron chi connectivity index (χ3n) is 4.93. The molecule has 3 aromatic rings. The molecule has 4 rings (SSSR count). The largest absolute Gasteiger partial charge is 0.281 e. The molecule has 0 aliphatic heterocycles. The predicted molar refractivity (Wildman–Crippen MR) is 108 cm³/mol. The number of carbonyl (C=O) groups excluding carboxylic acids is 1. The summed E-state index contributed by atoms with van der Waals surface area (Å²) in [5, 5.41) is 2.18. The second kappa shape index (κ2) is 7.14. The Balaban J connectivity index is 1.48. The van der Waals surface area contributed by atoms with E-state index in [1.165, 1.54) is 16.9 Å². The van der Waals surface area contributed by atoms with Gasteiger partial charge in [0.15, 0.2) is 9.84 Å². The fraction of sp³-hybridized carbons (Fsp3) is 0.316. The predicted octanol–water partition coefficient (Wildman–Crippen LogP) is 2.19. The summed E-state index contributed by atoms with van der Waals surface area (Å²) in [6.07, 6.45) is 2.67. The minimum absolute atomic E-state index is 0.243. The van der Waals surface area contributed by atoms with Crippen molar-refractivity contribution in [2.75, 3.05) is 11.2 Å². The van der Waals surface area contributed by atoms with E-state index in [0.717, 1.165) is 29.5 Å². The number of nitrogens with one attached hydrogen (secondary N) is 1. The van der Waals surface area contributed by atoms with Crippen LogP contribution in [-0.4, -0.2) is 29.7 Å². The van der Waals surface area contributed by atoms with Crippen molar-refractivity contribution in [2.24, 2.45) is 0 Å². The number of sulfone groups is 1. The van der Waals surface area contributed by atoms with Gasteiger partial charge in [0.2, 0.25) is 5.91 Å². The van der Waals surface area contributed by atoms with E-state index in [4.69, 9.17) is 0 Å². The lowest BCUT2D eigenvalue weighted by molar-refractivity contribution is -0.116. The highest BCUT2D eigenvalue weighted by molar-refractivity contribution is 7.91. The Hall–Kier alpha value is -2.52. The van der Waals surface area contributed by atoms with Crippen molar-refractivity contribution < 1.29 is 13.2 Å². The number of aryl methyl sites for hydroxylation is 3. The number of fused-ring (bicyclic) bond motifs is 2. The Morgan fingerprint density at radius 3 is 2.86 bits per heavy atom. The van der Waals surface area contributed by atoms with Gasteiger partial charge in [-0.1, -0.05) is 6.07 Å². The molecule has 0 radical (unpaired) electrons. The van der Waals surface area contributed by atoms with Crippen LogP contribution in [0.3, 0.4) is 0 Å². The molecule has 0 bridgehead atoms. The van der Waals surface area contributed by atoms with Crippen molar-refractivity contribution in [1.29, 1.82) is 0 Å². The first-order valence-electron chi connectivity index (χ1n) is 8.96. The SMILES string of the molecule is Cc1nc2sccc2c(=O)n1NC(=O)CCS(=O)(=O)c1ccc2c(c1)CCC2. The molecule has 1 N–H and O–H groups in total. The van der Waals surface area contributed by atoms with E-state index in [-0.39, 0.29) is 22.6 Å². The van der Waals surface area contributed by atoms with Gasteiger partial charge in [-0.3, -0.25) is 15.0 Å². The van der Waals surface area contributed by atoms with Crippen LogP contribution in [-0.2, 0) is 27.5 Å². The zero-order chi connectivity index (χ0) is 19.9. The van der Waals surface area contributed by atoms with E-state index in [9.17, 15) is 18.0 Å². The first-order chi connectivity index (χ1) is 13.3. The van der Waals surface area contributed by atoms with E-state index >= 15 is 0 Å². The van der Waals surface area contributed by atoms with Crippen molar-refractivity contribution in [2.45, 2.75) is 37.5 Å². The maximum atomic E-state index is 12.6. The molecule has 0 saturated carbocycles. The van der Waals surface area contributed by atoms with E-state index in [0.29, 0.717) is 16.0 Å². The van der Waals surface area contributed by atoms with Crippen LogP contribution in [0, 0.1) is 6.92 Å². The van der Waals surface area contributed by atoms with Gasteiger partial charge in [0.25, 0.3) is 5.56 Å². The summed E-state index contributed by atoms with van der Waals surface area (Å²) in [4.78, 5) is 29.9. The normalized spacial score (nSPS) is 13.6. The smallest absolute Gasteiger partial charge is 0.273 e. The lowest BCUT2D eigenvalue weighted by Gasteiger charge is -2.11. The number of aromatic nitrogens is 2. The summed E-state index contributed by atoms with van der Waals surface area (Å²) in [6, 6.07) is 6.84. The lowest BCUT2D eigenvalue weighted by Crippen LogP contribution is -2.35. The molecule has 1 amide bonds. The van der Waals surface area contributed by atoms with E-state index in [1.807, 2.05) is 6.07 Å². The first kappa shape index (κ1) is 18.8. The second-order valence-electron chi connectivity index (χ2n) is 6.83. The summed E-state index contributed by atoms with van der Waals surface area (Å²) in [5.41, 5.74) is 4.36. The Labute approximate surface area is 165 Å². The number of thiophene rings is 1. The van der Waals surface area contributed by atoms with Gasteiger partial charge in [-0.05, 0) is 60.9 Å². The maximum Gasteiger partial charge on any atom is 0.281 e. The highest BCUT2D eigenvalue weighted by Gasteiger charge is 2.20. The van der Waals surface area contributed by atoms with Gasteiger partial charge < -0.3 is 0 Å². The van der Waals surface area contributed by atoms with Crippen molar-refractivity contribution in [3.63, 3.8) is 0 Å². The standard InChI is InChI=1S/C19H19N3O4S2/c1-12-20-18-16(7-9-27-18)19(24)22(12)21-17(23)8-10-28(25,26)15-6-5-13-3-2-4-14(13)11-15/h5-7,9,11H,2-4,8,10H2,1H3,(H,21,23). The van der Waals surface area contributed by atoms with Gasteiger partial charge in [0.05, 0.1) is 16.0 Å². The molecule has 1 aliphatic carbocycles. The number of benzene rings is 1. The van der Waals surface area contributed by atoms with Crippen molar-refractivity contribution in [3.05, 3.63) is 57.0 Å². The molecule has 7 nitrogen and oxygen atoms in total. The van der Waals surface area contributed by atoms with Crippen LogP contribution in [0.2, 0.25) is 0 Å². The molecule has 0 atom stereocenters. The highest BCUT2D eigenvalue weighted by atomic mass is 32.2. The van der Waals surface area contributed by atoms with Crippen molar-refractivity contribution >= 4 is 37.3 Å². The van der Waals surface area contributed by atoms with Crippen LogP contribution in [0.1, 0.15) is 29.8 Å². The highest BCUT2D eigenvalue weighted by Crippen LogP contribution is 2.25. The third kappa shape index (κ3) is 3.47. The fourth-order valence-corrected chi connectivity index (χ4v) is 5.50. The monoisotopic (exact) mass is 417 g/mol. The van der Waals surface area contributed by atoms with E-state index in [2.05, 4.69) is 10.4 Å². The number of nitrogens with zero attached hydrogens (tertiary/aromatic N) is 2. The van der Waals surface area contributed by atoms with Crippen LogP contribution in [0.5, 0.6) is 0 Å². The molecule has 9 heteroatoms. The average molecular weight is 418 g/mol. The molecule has 1 aliphatic rings. The summed E-state index contributed by atoms with van der Waals surface area (Å²) < 4.78 is 26.3. The Morgan fingerprint density at radius 2 is 2.04 bits per heavy atom. The first-order valence-corrected chi connectivity index (χ1v) is 11.5. The fourth-order valence-electron chi connectivity index (χ4n) is 3.41. The third-order valence-corrected chi connectivity index (χ3v) is 7.45. The number of amides is 1. The quantitative estimate of drug-likeness (QED) is 0.686. The van der Waals surface area contributed by atoms with E-state index < -0.39 is 15.7 Å². The second-order valence-corrected chi connectivity index (χ2v) is 9.83. The lowest BCUT2D eigenvalue weighted by atomic mass is 10.1. The molecule has 0 saturated heterocycles. The van der Waals surface area contributed by atoms with Gasteiger partial charge in [0.1, 0.15) is 10.7 Å². The number of carbonyl (C=O) groups is 1. The molecule has 2 heterocycles. The van der Waals surface area contributed by atoms with Gasteiger partial charge >= 0.3 is 0 Å². The Kier molecular flexibility index (Phi) is 4.80. The van der Waals surface area contributed by atoms with Gasteiger partial charge in [0, 0.05) is 6.42 Å². The Morgan fingerprint density at radius 1 is 1.25 bits per heavy atom. The minimum atomic E-state index is -3.58. The van der Waals surface area contributed by atoms with E-state index in [1.54, 1.807) is 30.5 Å². The van der Waals surface area contributed by atoms with Gasteiger partial charge in [-0.2, -0.15) is 0 Å². The topological polar surface area (TPSA) is 98.1 Å². The number of hydrogen-bond donors (Lipinski definition) is 1. The summed E-state index contributed by atoms with van der Waals surface area (Å²) in [7, 11) is -3.58. The zero-order valence-corrected chi connectivity index (χ0v) is 16.9. The molecule has 0 unspecified atom stereocenters. The molecular formula is C19H19N3O4S2. The summed E-state index contributed by atoms with van der Waals surface area (Å²) in [6.45, 7) is 1.61. The van der Waals surface area contributed by atoms with Crippen LogP contribution in [0.25, 0.3) is 10.2 Å². The number of hydrogen-bond acceptors (Lipinski definition) is 6. The average Bonchev–Trinajstić information content (AvgIpc) is 3.31. The minimum Gasteiger partial charge on any atom is -0.273 e. The number of rotatable bonds is 5. The molecule has 0 fully saturated rings. The summed E-state index contributed by atoms with van der Waals surface area (Å²) in [5.74, 6) is -0.527. The van der Waals surface area contributed by atoms with Crippen LogP contribution in [0.4, 0.5) is 0 Å². The molecule has 28 heavy (non-hydrogen) atoms.